The second kappa shape index (κ2) is 5.86. The standard InChI is InChI=1S/C14H24N4O/c1-10-4-11(6-15)7-16-14(10)18-9-13(19)5-12(18)8-17(2)3/h4,7,12-13,19H,5-6,8-9,15H2,1-3H3. The quantitative estimate of drug-likeness (QED) is 0.821. The van der Waals surface area contributed by atoms with Crippen LogP contribution < -0.4 is 10.6 Å². The Morgan fingerprint density at radius 2 is 2.26 bits per heavy atom. The lowest BCUT2D eigenvalue weighted by Gasteiger charge is -2.29. The van der Waals surface area contributed by atoms with Crippen LogP contribution in [0.4, 0.5) is 5.82 Å². The van der Waals surface area contributed by atoms with E-state index in [1.807, 2.05) is 6.20 Å². The highest BCUT2D eigenvalue weighted by Crippen LogP contribution is 2.27. The Labute approximate surface area is 115 Å². The summed E-state index contributed by atoms with van der Waals surface area (Å²) in [6.45, 7) is 4.15. The van der Waals surface area contributed by atoms with Crippen LogP contribution in [0.15, 0.2) is 12.3 Å². The van der Waals surface area contributed by atoms with Gasteiger partial charge >= 0.3 is 0 Å². The van der Waals surface area contributed by atoms with E-state index in [9.17, 15) is 5.11 Å². The molecule has 1 aromatic rings. The number of anilines is 1. The highest BCUT2D eigenvalue weighted by Gasteiger charge is 2.32. The second-order valence-electron chi connectivity index (χ2n) is 5.65. The van der Waals surface area contributed by atoms with Crippen molar-refractivity contribution in [3.05, 3.63) is 23.4 Å². The Morgan fingerprint density at radius 3 is 2.84 bits per heavy atom. The molecule has 1 saturated heterocycles. The molecule has 2 heterocycles. The summed E-state index contributed by atoms with van der Waals surface area (Å²) in [4.78, 5) is 8.91. The van der Waals surface area contributed by atoms with Gasteiger partial charge in [0.25, 0.3) is 0 Å². The number of β-amino-alcohol motifs (C(OH)–C–C–N with tert-alkyl or cyclic N) is 1. The number of likely N-dealkylation sites (N-methyl/N-ethyl adjacent to an activating group) is 1. The van der Waals surface area contributed by atoms with Crippen molar-refractivity contribution in [2.24, 2.45) is 5.73 Å². The zero-order chi connectivity index (χ0) is 14.0. The molecular formula is C14H24N4O. The van der Waals surface area contributed by atoms with E-state index in [1.165, 1.54) is 0 Å². The molecular weight excluding hydrogens is 240 g/mol. The van der Waals surface area contributed by atoms with Crippen LogP contribution in [0, 0.1) is 6.92 Å². The van der Waals surface area contributed by atoms with Gasteiger partial charge in [0.1, 0.15) is 5.82 Å². The third-order valence-electron chi connectivity index (χ3n) is 3.58. The molecule has 2 unspecified atom stereocenters. The van der Waals surface area contributed by atoms with Crippen molar-refractivity contribution in [1.82, 2.24) is 9.88 Å². The minimum absolute atomic E-state index is 0.264. The number of pyridine rings is 1. The first-order valence-corrected chi connectivity index (χ1v) is 6.76. The van der Waals surface area contributed by atoms with Gasteiger partial charge in [-0.15, -0.1) is 0 Å². The largest absolute Gasteiger partial charge is 0.391 e. The van der Waals surface area contributed by atoms with Crippen molar-refractivity contribution >= 4 is 5.82 Å². The highest BCUT2D eigenvalue weighted by molar-refractivity contribution is 5.49. The molecule has 2 atom stereocenters. The van der Waals surface area contributed by atoms with Crippen molar-refractivity contribution in [2.45, 2.75) is 32.0 Å². The average molecular weight is 264 g/mol. The third kappa shape index (κ3) is 3.23. The third-order valence-corrected chi connectivity index (χ3v) is 3.58. The number of nitrogens with zero attached hydrogens (tertiary/aromatic N) is 3. The van der Waals surface area contributed by atoms with Crippen molar-refractivity contribution < 1.29 is 5.11 Å². The molecule has 19 heavy (non-hydrogen) atoms. The molecule has 106 valence electrons. The Kier molecular flexibility index (Phi) is 4.39. The lowest BCUT2D eigenvalue weighted by atomic mass is 10.1. The summed E-state index contributed by atoms with van der Waals surface area (Å²) in [5, 5.41) is 9.93. The van der Waals surface area contributed by atoms with Crippen molar-refractivity contribution in [2.75, 3.05) is 32.1 Å². The van der Waals surface area contributed by atoms with Crippen molar-refractivity contribution in [1.29, 1.82) is 0 Å². The van der Waals surface area contributed by atoms with Crippen molar-refractivity contribution in [3.8, 4) is 0 Å². The Bertz CT molecular complexity index is 435. The van der Waals surface area contributed by atoms with E-state index in [4.69, 9.17) is 5.73 Å². The fourth-order valence-corrected chi connectivity index (χ4v) is 2.78. The molecule has 5 nitrogen and oxygen atoms in total. The molecule has 0 bridgehead atoms. The van der Waals surface area contributed by atoms with Gasteiger partial charge in [-0.2, -0.15) is 0 Å². The summed E-state index contributed by atoms with van der Waals surface area (Å²) < 4.78 is 0. The van der Waals surface area contributed by atoms with E-state index < -0.39 is 0 Å². The topological polar surface area (TPSA) is 65.6 Å². The SMILES string of the molecule is Cc1cc(CN)cnc1N1CC(O)CC1CN(C)C. The van der Waals surface area contributed by atoms with Gasteiger partial charge in [-0.25, -0.2) is 4.98 Å². The van der Waals surface area contributed by atoms with Gasteiger partial charge in [-0.05, 0) is 44.6 Å². The molecule has 0 saturated carbocycles. The smallest absolute Gasteiger partial charge is 0.131 e. The molecule has 2 rings (SSSR count). The van der Waals surface area contributed by atoms with E-state index in [0.29, 0.717) is 19.1 Å². The summed E-state index contributed by atoms with van der Waals surface area (Å²) in [5.74, 6) is 0.973. The molecule has 0 aromatic carbocycles. The summed E-state index contributed by atoms with van der Waals surface area (Å²) in [7, 11) is 4.11. The molecule has 0 spiro atoms. The Morgan fingerprint density at radius 1 is 1.53 bits per heavy atom. The van der Waals surface area contributed by atoms with Gasteiger partial charge in [0, 0.05) is 31.9 Å². The van der Waals surface area contributed by atoms with E-state index in [1.54, 1.807) is 0 Å². The van der Waals surface area contributed by atoms with Crippen LogP contribution in [-0.4, -0.2) is 54.3 Å². The fraction of sp³-hybridized carbons (Fsp3) is 0.643. The maximum Gasteiger partial charge on any atom is 0.131 e. The van der Waals surface area contributed by atoms with E-state index >= 15 is 0 Å². The fourth-order valence-electron chi connectivity index (χ4n) is 2.78. The van der Waals surface area contributed by atoms with Gasteiger partial charge in [0.15, 0.2) is 0 Å². The zero-order valence-electron chi connectivity index (χ0n) is 12.0. The van der Waals surface area contributed by atoms with Gasteiger partial charge in [-0.1, -0.05) is 0 Å². The van der Waals surface area contributed by atoms with Gasteiger partial charge < -0.3 is 20.6 Å². The number of aryl methyl sites for hydroxylation is 1. The molecule has 0 radical (unpaired) electrons. The molecule has 1 aliphatic heterocycles. The molecule has 5 heteroatoms. The minimum Gasteiger partial charge on any atom is -0.391 e. The van der Waals surface area contributed by atoms with Crippen LogP contribution in [0.25, 0.3) is 0 Å². The summed E-state index contributed by atoms with van der Waals surface area (Å²) in [5.41, 5.74) is 7.81. The highest BCUT2D eigenvalue weighted by atomic mass is 16.3. The molecule has 3 N–H and O–H groups in total. The van der Waals surface area contributed by atoms with Crippen LogP contribution in [-0.2, 0) is 6.54 Å². The Hall–Kier alpha value is -1.17. The normalized spacial score (nSPS) is 23.4. The van der Waals surface area contributed by atoms with Gasteiger partial charge in [0.2, 0.25) is 0 Å². The first-order valence-electron chi connectivity index (χ1n) is 6.76. The molecule has 1 fully saturated rings. The van der Waals surface area contributed by atoms with Crippen LogP contribution in [0.1, 0.15) is 17.5 Å². The van der Waals surface area contributed by atoms with Crippen molar-refractivity contribution in [3.63, 3.8) is 0 Å². The number of hydrogen-bond donors (Lipinski definition) is 2. The predicted octanol–water partition coefficient (Wildman–Crippen LogP) is 0.350. The minimum atomic E-state index is -0.264. The number of aliphatic hydroxyl groups excluding tert-OH is 1. The summed E-state index contributed by atoms with van der Waals surface area (Å²) in [6, 6.07) is 2.40. The average Bonchev–Trinajstić information content (AvgIpc) is 2.69. The first kappa shape index (κ1) is 14.2. The Balaban J connectivity index is 2.23. The van der Waals surface area contributed by atoms with E-state index in [-0.39, 0.29) is 6.10 Å². The number of aromatic nitrogens is 1. The van der Waals surface area contributed by atoms with E-state index in [2.05, 4.69) is 41.9 Å². The van der Waals surface area contributed by atoms with Gasteiger partial charge in [0.05, 0.1) is 6.10 Å². The monoisotopic (exact) mass is 264 g/mol. The number of aliphatic hydroxyl groups is 1. The molecule has 0 amide bonds. The van der Waals surface area contributed by atoms with Crippen LogP contribution in [0.3, 0.4) is 0 Å². The number of nitrogens with two attached hydrogens (primary N) is 1. The second-order valence-corrected chi connectivity index (χ2v) is 5.65. The zero-order valence-corrected chi connectivity index (χ0v) is 12.0. The van der Waals surface area contributed by atoms with Crippen LogP contribution in [0.2, 0.25) is 0 Å². The first-order chi connectivity index (χ1) is 9.01. The van der Waals surface area contributed by atoms with Gasteiger partial charge in [-0.3, -0.25) is 0 Å². The number of rotatable bonds is 4. The lowest BCUT2D eigenvalue weighted by Crippen LogP contribution is -2.38. The van der Waals surface area contributed by atoms with Crippen LogP contribution in [0.5, 0.6) is 0 Å². The maximum absolute atomic E-state index is 9.93. The summed E-state index contributed by atoms with van der Waals surface area (Å²) >= 11 is 0. The van der Waals surface area contributed by atoms with Crippen LogP contribution >= 0.6 is 0 Å². The maximum atomic E-state index is 9.93. The number of hydrogen-bond acceptors (Lipinski definition) is 5. The summed E-state index contributed by atoms with van der Waals surface area (Å²) in [6.07, 6.45) is 2.37. The lowest BCUT2D eigenvalue weighted by molar-refractivity contribution is 0.191. The van der Waals surface area contributed by atoms with E-state index in [0.717, 1.165) is 29.9 Å². The molecule has 0 aliphatic carbocycles. The molecule has 1 aliphatic rings. The molecule has 1 aromatic heterocycles. The predicted molar refractivity (Wildman–Crippen MR) is 77.2 cm³/mol.